The molecule has 0 bridgehead atoms. The van der Waals surface area contributed by atoms with Gasteiger partial charge < -0.3 is 10.5 Å². The second-order valence-corrected chi connectivity index (χ2v) is 5.73. The molecule has 0 unspecified atom stereocenters. The summed E-state index contributed by atoms with van der Waals surface area (Å²) in [6, 6.07) is 11.7. The first kappa shape index (κ1) is 16.8. The molecule has 0 aliphatic carbocycles. The number of hydrogen-bond donors (Lipinski definition) is 1. The summed E-state index contributed by atoms with van der Waals surface area (Å²) in [6.07, 6.45) is 0. The number of hydrogen-bond acceptors (Lipinski definition) is 6. The van der Waals surface area contributed by atoms with Crippen molar-refractivity contribution in [1.82, 2.24) is 0 Å². The molecule has 0 amide bonds. The van der Waals surface area contributed by atoms with Gasteiger partial charge in [0.15, 0.2) is 0 Å². The summed E-state index contributed by atoms with van der Waals surface area (Å²) in [7, 11) is 0. The number of nitrogen functional groups attached to an aromatic ring is 1. The van der Waals surface area contributed by atoms with Crippen LogP contribution in [0.3, 0.4) is 0 Å². The molecule has 2 rings (SSSR count). The number of esters is 1. The van der Waals surface area contributed by atoms with Crippen molar-refractivity contribution >= 4 is 29.1 Å². The normalized spacial score (nSPS) is 10.3. The van der Waals surface area contributed by atoms with Crippen LogP contribution in [0.4, 0.5) is 11.4 Å². The molecule has 6 nitrogen and oxygen atoms in total. The molecule has 0 saturated carbocycles. The highest BCUT2D eigenvalue weighted by Crippen LogP contribution is 2.29. The van der Waals surface area contributed by atoms with Crippen molar-refractivity contribution in [2.75, 3.05) is 12.3 Å². The number of carbonyl (C=O) groups excluding carboxylic acids is 1. The van der Waals surface area contributed by atoms with Gasteiger partial charge in [-0.3, -0.25) is 10.1 Å². The lowest BCUT2D eigenvalue weighted by Crippen LogP contribution is -2.06. The van der Waals surface area contributed by atoms with E-state index in [2.05, 4.69) is 0 Å². The molecule has 7 heteroatoms. The van der Waals surface area contributed by atoms with Gasteiger partial charge >= 0.3 is 5.97 Å². The SMILES string of the molecule is CCOC(=O)c1ccc(CSc2ccc(N)cc2)c([N+](=O)[O-])c1. The van der Waals surface area contributed by atoms with Gasteiger partial charge in [0.25, 0.3) is 5.69 Å². The first-order valence-electron chi connectivity index (χ1n) is 6.94. The van der Waals surface area contributed by atoms with E-state index >= 15 is 0 Å². The van der Waals surface area contributed by atoms with Gasteiger partial charge in [0.05, 0.1) is 17.1 Å². The zero-order valence-corrected chi connectivity index (χ0v) is 13.3. The zero-order chi connectivity index (χ0) is 16.8. The van der Waals surface area contributed by atoms with Crippen LogP contribution in [0.1, 0.15) is 22.8 Å². The van der Waals surface area contributed by atoms with Crippen LogP contribution in [0.2, 0.25) is 0 Å². The van der Waals surface area contributed by atoms with Crippen LogP contribution < -0.4 is 5.73 Å². The third-order valence-corrected chi connectivity index (χ3v) is 4.13. The highest BCUT2D eigenvalue weighted by molar-refractivity contribution is 7.98. The van der Waals surface area contributed by atoms with E-state index in [9.17, 15) is 14.9 Å². The fourth-order valence-electron chi connectivity index (χ4n) is 1.92. The average Bonchev–Trinajstić information content (AvgIpc) is 2.54. The molecule has 0 aliphatic rings. The lowest BCUT2D eigenvalue weighted by atomic mass is 10.1. The highest BCUT2D eigenvalue weighted by Gasteiger charge is 2.18. The molecule has 0 aliphatic heterocycles. The Morgan fingerprint density at radius 2 is 1.96 bits per heavy atom. The van der Waals surface area contributed by atoms with Gasteiger partial charge in [0, 0.05) is 28.0 Å². The third-order valence-electron chi connectivity index (χ3n) is 3.07. The Hall–Kier alpha value is -2.54. The Labute approximate surface area is 137 Å². The van der Waals surface area contributed by atoms with E-state index in [0.717, 1.165) is 4.90 Å². The van der Waals surface area contributed by atoms with Crippen molar-refractivity contribution in [1.29, 1.82) is 0 Å². The maximum Gasteiger partial charge on any atom is 0.338 e. The van der Waals surface area contributed by atoms with Gasteiger partial charge in [-0.05, 0) is 37.3 Å². The molecular formula is C16H16N2O4S. The smallest absolute Gasteiger partial charge is 0.338 e. The zero-order valence-electron chi connectivity index (χ0n) is 12.5. The van der Waals surface area contributed by atoms with Gasteiger partial charge in [-0.1, -0.05) is 6.07 Å². The summed E-state index contributed by atoms with van der Waals surface area (Å²) in [5.74, 6) is -0.142. The van der Waals surface area contributed by atoms with E-state index in [1.807, 2.05) is 12.1 Å². The number of nitro groups is 1. The molecule has 2 N–H and O–H groups in total. The van der Waals surface area contributed by atoms with Crippen molar-refractivity contribution in [3.63, 3.8) is 0 Å². The molecule has 0 radical (unpaired) electrons. The fourth-order valence-corrected chi connectivity index (χ4v) is 2.82. The lowest BCUT2D eigenvalue weighted by Gasteiger charge is -2.06. The molecule has 23 heavy (non-hydrogen) atoms. The summed E-state index contributed by atoms with van der Waals surface area (Å²) in [5, 5.41) is 11.2. The van der Waals surface area contributed by atoms with Crippen molar-refractivity contribution in [3.05, 3.63) is 63.7 Å². The molecule has 0 atom stereocenters. The van der Waals surface area contributed by atoms with Crippen LogP contribution in [0.15, 0.2) is 47.4 Å². The standard InChI is InChI=1S/C16H16N2O4S/c1-2-22-16(19)11-3-4-12(15(9-11)18(20)21)10-23-14-7-5-13(17)6-8-14/h3-9H,2,10,17H2,1H3. The van der Waals surface area contributed by atoms with Crippen LogP contribution in [0.5, 0.6) is 0 Å². The van der Waals surface area contributed by atoms with Crippen LogP contribution in [-0.4, -0.2) is 17.5 Å². The Kier molecular flexibility index (Phi) is 5.59. The Morgan fingerprint density at radius 1 is 1.26 bits per heavy atom. The fraction of sp³-hybridized carbons (Fsp3) is 0.188. The molecule has 0 heterocycles. The maximum atomic E-state index is 11.7. The lowest BCUT2D eigenvalue weighted by molar-refractivity contribution is -0.385. The van der Waals surface area contributed by atoms with Crippen LogP contribution in [0, 0.1) is 10.1 Å². The second kappa shape index (κ2) is 7.64. The monoisotopic (exact) mass is 332 g/mol. The molecule has 0 fully saturated rings. The maximum absolute atomic E-state index is 11.7. The first-order valence-corrected chi connectivity index (χ1v) is 7.92. The summed E-state index contributed by atoms with van der Waals surface area (Å²) < 4.78 is 4.86. The molecule has 0 aromatic heterocycles. The Balaban J connectivity index is 2.19. The largest absolute Gasteiger partial charge is 0.462 e. The number of carbonyl (C=O) groups is 1. The van der Waals surface area contributed by atoms with Crippen LogP contribution in [0.25, 0.3) is 0 Å². The number of thioether (sulfide) groups is 1. The third kappa shape index (κ3) is 4.46. The molecule has 2 aromatic rings. The number of nitrogens with two attached hydrogens (primary N) is 1. The number of benzene rings is 2. The van der Waals surface area contributed by atoms with Crippen molar-refractivity contribution in [2.45, 2.75) is 17.6 Å². The molecule has 0 spiro atoms. The van der Waals surface area contributed by atoms with Crippen LogP contribution >= 0.6 is 11.8 Å². The van der Waals surface area contributed by atoms with Crippen LogP contribution in [-0.2, 0) is 10.5 Å². The Morgan fingerprint density at radius 3 is 2.57 bits per heavy atom. The van der Waals surface area contributed by atoms with E-state index in [4.69, 9.17) is 10.5 Å². The summed E-state index contributed by atoms with van der Waals surface area (Å²) in [4.78, 5) is 23.4. The van der Waals surface area contributed by atoms with Crippen molar-refractivity contribution in [3.8, 4) is 0 Å². The minimum atomic E-state index is -0.562. The van der Waals surface area contributed by atoms with E-state index in [-0.39, 0.29) is 17.9 Å². The number of rotatable bonds is 6. The van der Waals surface area contributed by atoms with E-state index in [1.54, 1.807) is 31.2 Å². The first-order chi connectivity index (χ1) is 11.0. The minimum Gasteiger partial charge on any atom is -0.462 e. The van der Waals surface area contributed by atoms with Gasteiger partial charge in [-0.2, -0.15) is 0 Å². The quantitative estimate of drug-likeness (QED) is 0.285. The van der Waals surface area contributed by atoms with Gasteiger partial charge in [0.2, 0.25) is 0 Å². The summed E-state index contributed by atoms with van der Waals surface area (Å²) >= 11 is 1.46. The molecular weight excluding hydrogens is 316 g/mol. The predicted octanol–water partition coefficient (Wildman–Crippen LogP) is 3.65. The molecule has 120 valence electrons. The van der Waals surface area contributed by atoms with E-state index in [0.29, 0.717) is 17.0 Å². The predicted molar refractivity (Wildman–Crippen MR) is 89.5 cm³/mol. The number of ether oxygens (including phenoxy) is 1. The van der Waals surface area contributed by atoms with E-state index in [1.165, 1.54) is 17.8 Å². The van der Waals surface area contributed by atoms with Gasteiger partial charge in [0.1, 0.15) is 0 Å². The second-order valence-electron chi connectivity index (χ2n) is 4.68. The van der Waals surface area contributed by atoms with Crippen molar-refractivity contribution < 1.29 is 14.5 Å². The van der Waals surface area contributed by atoms with Gasteiger partial charge in [-0.25, -0.2) is 4.79 Å². The Bertz CT molecular complexity index is 717. The molecule has 2 aromatic carbocycles. The number of nitro benzene ring substituents is 1. The van der Waals surface area contributed by atoms with Gasteiger partial charge in [-0.15, -0.1) is 11.8 Å². The number of anilines is 1. The number of nitrogens with zero attached hydrogens (tertiary/aromatic N) is 1. The topological polar surface area (TPSA) is 95.5 Å². The average molecular weight is 332 g/mol. The summed E-state index contributed by atoms with van der Waals surface area (Å²) in [5.41, 5.74) is 6.93. The molecule has 0 saturated heterocycles. The highest BCUT2D eigenvalue weighted by atomic mass is 32.2. The van der Waals surface area contributed by atoms with Crippen molar-refractivity contribution in [2.24, 2.45) is 0 Å². The summed E-state index contributed by atoms with van der Waals surface area (Å²) in [6.45, 7) is 1.91. The van der Waals surface area contributed by atoms with E-state index < -0.39 is 10.9 Å². The minimum absolute atomic E-state index is 0.0847.